The summed E-state index contributed by atoms with van der Waals surface area (Å²) >= 11 is 0. The number of ether oxygens (including phenoxy) is 2. The minimum Gasteiger partial charge on any atom is -0.493 e. The van der Waals surface area contributed by atoms with Crippen molar-refractivity contribution in [3.63, 3.8) is 0 Å². The predicted molar refractivity (Wildman–Crippen MR) is 89.3 cm³/mol. The van der Waals surface area contributed by atoms with Crippen LogP contribution in [-0.2, 0) is 6.54 Å². The van der Waals surface area contributed by atoms with E-state index in [9.17, 15) is 13.6 Å². The normalized spacial score (nSPS) is 13.6. The standard InChI is InChI=1S/C18H19F2N3O3/c1-11-8-22-14(9-21-11)17(24)23(13-4-5-13)10-12-3-6-15(26-18(19)20)16(7-12)25-2/h3,6-9,13,18H,4-5,10H2,1-2H3. The Morgan fingerprint density at radius 3 is 2.62 bits per heavy atom. The van der Waals surface area contributed by atoms with E-state index in [2.05, 4.69) is 14.7 Å². The van der Waals surface area contributed by atoms with Gasteiger partial charge in [0, 0.05) is 18.8 Å². The molecule has 1 heterocycles. The second-order valence-corrected chi connectivity index (χ2v) is 6.07. The van der Waals surface area contributed by atoms with Crippen molar-refractivity contribution in [2.24, 2.45) is 0 Å². The molecule has 1 aliphatic carbocycles. The first-order chi connectivity index (χ1) is 12.5. The largest absolute Gasteiger partial charge is 0.493 e. The van der Waals surface area contributed by atoms with Crippen LogP contribution in [0.15, 0.2) is 30.6 Å². The number of carbonyl (C=O) groups is 1. The number of aromatic nitrogens is 2. The fourth-order valence-electron chi connectivity index (χ4n) is 2.60. The average Bonchev–Trinajstić information content (AvgIpc) is 3.45. The highest BCUT2D eigenvalue weighted by Gasteiger charge is 2.34. The number of hydrogen-bond acceptors (Lipinski definition) is 5. The summed E-state index contributed by atoms with van der Waals surface area (Å²) in [6.07, 6.45) is 4.87. The molecule has 1 aromatic heterocycles. The van der Waals surface area contributed by atoms with Gasteiger partial charge < -0.3 is 14.4 Å². The molecule has 0 N–H and O–H groups in total. The number of benzene rings is 1. The van der Waals surface area contributed by atoms with Gasteiger partial charge in [0.2, 0.25) is 0 Å². The highest BCUT2D eigenvalue weighted by molar-refractivity contribution is 5.92. The van der Waals surface area contributed by atoms with Crippen LogP contribution in [0.3, 0.4) is 0 Å². The van der Waals surface area contributed by atoms with Crippen molar-refractivity contribution in [1.29, 1.82) is 0 Å². The molecule has 0 radical (unpaired) electrons. The Morgan fingerprint density at radius 1 is 1.27 bits per heavy atom. The molecule has 0 atom stereocenters. The molecule has 1 aromatic carbocycles. The topological polar surface area (TPSA) is 64.5 Å². The maximum Gasteiger partial charge on any atom is 0.387 e. The van der Waals surface area contributed by atoms with E-state index in [1.54, 1.807) is 30.2 Å². The van der Waals surface area contributed by atoms with E-state index in [4.69, 9.17) is 4.74 Å². The minimum atomic E-state index is -2.93. The van der Waals surface area contributed by atoms with E-state index in [1.807, 2.05) is 0 Å². The molecule has 6 nitrogen and oxygen atoms in total. The van der Waals surface area contributed by atoms with E-state index in [0.29, 0.717) is 6.54 Å². The van der Waals surface area contributed by atoms with Crippen LogP contribution in [0.4, 0.5) is 8.78 Å². The van der Waals surface area contributed by atoms with E-state index in [-0.39, 0.29) is 29.1 Å². The van der Waals surface area contributed by atoms with Crippen LogP contribution in [0.5, 0.6) is 11.5 Å². The highest BCUT2D eigenvalue weighted by atomic mass is 19.3. The van der Waals surface area contributed by atoms with Gasteiger partial charge in [0.05, 0.1) is 19.0 Å². The van der Waals surface area contributed by atoms with Crippen molar-refractivity contribution in [3.05, 3.63) is 47.5 Å². The summed E-state index contributed by atoms with van der Waals surface area (Å²) in [6.45, 7) is -0.807. The van der Waals surface area contributed by atoms with Crippen molar-refractivity contribution in [2.45, 2.75) is 39.0 Å². The van der Waals surface area contributed by atoms with E-state index in [1.165, 1.54) is 19.4 Å². The molecule has 26 heavy (non-hydrogen) atoms. The molecule has 0 saturated heterocycles. The Morgan fingerprint density at radius 2 is 2.04 bits per heavy atom. The van der Waals surface area contributed by atoms with Crippen LogP contribution >= 0.6 is 0 Å². The molecule has 138 valence electrons. The third-order valence-electron chi connectivity index (χ3n) is 4.05. The van der Waals surface area contributed by atoms with Gasteiger partial charge in [0.1, 0.15) is 5.69 Å². The van der Waals surface area contributed by atoms with Crippen molar-refractivity contribution in [2.75, 3.05) is 7.11 Å². The summed E-state index contributed by atoms with van der Waals surface area (Å²) in [6, 6.07) is 4.81. The zero-order chi connectivity index (χ0) is 18.7. The lowest BCUT2D eigenvalue weighted by Gasteiger charge is -2.22. The van der Waals surface area contributed by atoms with Crippen LogP contribution in [0, 0.1) is 6.92 Å². The van der Waals surface area contributed by atoms with Gasteiger partial charge >= 0.3 is 6.61 Å². The molecule has 0 aliphatic heterocycles. The average molecular weight is 363 g/mol. The second kappa shape index (κ2) is 7.63. The molecule has 0 unspecified atom stereocenters. The Bertz CT molecular complexity index is 780. The Labute approximate surface area is 149 Å². The van der Waals surface area contributed by atoms with Crippen LogP contribution < -0.4 is 9.47 Å². The first-order valence-corrected chi connectivity index (χ1v) is 8.19. The number of halogens is 2. The summed E-state index contributed by atoms with van der Waals surface area (Å²) in [7, 11) is 1.38. The zero-order valence-corrected chi connectivity index (χ0v) is 14.5. The van der Waals surface area contributed by atoms with Gasteiger partial charge in [-0.2, -0.15) is 8.78 Å². The lowest BCUT2D eigenvalue weighted by Crippen LogP contribution is -2.33. The highest BCUT2D eigenvalue weighted by Crippen LogP contribution is 2.33. The molecule has 0 spiro atoms. The monoisotopic (exact) mass is 363 g/mol. The fraction of sp³-hybridized carbons (Fsp3) is 0.389. The number of hydrogen-bond donors (Lipinski definition) is 0. The number of aryl methyl sites for hydroxylation is 1. The first-order valence-electron chi connectivity index (χ1n) is 8.19. The van der Waals surface area contributed by atoms with Gasteiger partial charge in [-0.3, -0.25) is 9.78 Å². The lowest BCUT2D eigenvalue weighted by molar-refractivity contribution is -0.0512. The summed E-state index contributed by atoms with van der Waals surface area (Å²) in [5.41, 5.74) is 1.77. The number of methoxy groups -OCH3 is 1. The van der Waals surface area contributed by atoms with E-state index in [0.717, 1.165) is 24.1 Å². The predicted octanol–water partition coefficient (Wildman–Crippen LogP) is 3.20. The zero-order valence-electron chi connectivity index (χ0n) is 14.5. The van der Waals surface area contributed by atoms with Gasteiger partial charge in [0.25, 0.3) is 5.91 Å². The molecular formula is C18H19F2N3O3. The molecule has 8 heteroatoms. The molecule has 3 rings (SSSR count). The van der Waals surface area contributed by atoms with Crippen LogP contribution in [-0.4, -0.2) is 40.5 Å². The quantitative estimate of drug-likeness (QED) is 0.756. The molecule has 1 aliphatic rings. The maximum absolute atomic E-state index is 12.8. The molecular weight excluding hydrogens is 344 g/mol. The third-order valence-corrected chi connectivity index (χ3v) is 4.05. The van der Waals surface area contributed by atoms with Crippen molar-refractivity contribution in [3.8, 4) is 11.5 Å². The van der Waals surface area contributed by atoms with Crippen LogP contribution in [0.1, 0.15) is 34.6 Å². The molecule has 1 amide bonds. The van der Waals surface area contributed by atoms with Crippen LogP contribution in [0.2, 0.25) is 0 Å². The molecule has 1 saturated carbocycles. The molecule has 0 bridgehead atoms. The smallest absolute Gasteiger partial charge is 0.387 e. The van der Waals surface area contributed by atoms with Gasteiger partial charge in [-0.1, -0.05) is 6.07 Å². The van der Waals surface area contributed by atoms with Gasteiger partial charge in [-0.15, -0.1) is 0 Å². The number of nitrogens with zero attached hydrogens (tertiary/aromatic N) is 3. The van der Waals surface area contributed by atoms with Crippen molar-refractivity contribution in [1.82, 2.24) is 14.9 Å². The number of carbonyl (C=O) groups excluding carboxylic acids is 1. The Balaban J connectivity index is 1.80. The fourth-order valence-corrected chi connectivity index (χ4v) is 2.60. The van der Waals surface area contributed by atoms with Gasteiger partial charge in [0.15, 0.2) is 11.5 Å². The maximum atomic E-state index is 12.8. The van der Waals surface area contributed by atoms with E-state index < -0.39 is 6.61 Å². The Hall–Kier alpha value is -2.77. The van der Waals surface area contributed by atoms with Crippen molar-refractivity contribution >= 4 is 5.91 Å². The summed E-state index contributed by atoms with van der Waals surface area (Å²) in [4.78, 5) is 22.8. The van der Waals surface area contributed by atoms with Gasteiger partial charge in [-0.25, -0.2) is 4.98 Å². The van der Waals surface area contributed by atoms with Gasteiger partial charge in [-0.05, 0) is 37.5 Å². The molecule has 1 fully saturated rings. The van der Waals surface area contributed by atoms with Crippen LogP contribution in [0.25, 0.3) is 0 Å². The number of rotatable bonds is 7. The van der Waals surface area contributed by atoms with E-state index >= 15 is 0 Å². The number of amides is 1. The lowest BCUT2D eigenvalue weighted by atomic mass is 10.1. The number of alkyl halides is 2. The SMILES string of the molecule is COc1cc(CN(C(=O)c2cnc(C)cn2)C2CC2)ccc1OC(F)F. The summed E-state index contributed by atoms with van der Waals surface area (Å²) in [5, 5.41) is 0. The third kappa shape index (κ3) is 4.25. The second-order valence-electron chi connectivity index (χ2n) is 6.07. The summed E-state index contributed by atoms with van der Waals surface area (Å²) < 4.78 is 34.4. The van der Waals surface area contributed by atoms with Crippen molar-refractivity contribution < 1.29 is 23.0 Å². The minimum absolute atomic E-state index is 0.0417. The Kier molecular flexibility index (Phi) is 5.29. The summed E-state index contributed by atoms with van der Waals surface area (Å²) in [5.74, 6) is -0.0482. The first kappa shape index (κ1) is 18.0. The molecule has 2 aromatic rings.